The van der Waals surface area contributed by atoms with Crippen LogP contribution in [-0.4, -0.2) is 18.0 Å². The zero-order valence-corrected chi connectivity index (χ0v) is 14.6. The summed E-state index contributed by atoms with van der Waals surface area (Å²) in [6.07, 6.45) is -1.05. The van der Waals surface area contributed by atoms with Gasteiger partial charge < -0.3 is 10.1 Å². The van der Waals surface area contributed by atoms with E-state index in [-0.39, 0.29) is 10.6 Å². The summed E-state index contributed by atoms with van der Waals surface area (Å²) in [7, 11) is 0. The van der Waals surface area contributed by atoms with Crippen molar-refractivity contribution in [2.45, 2.75) is 13.0 Å². The van der Waals surface area contributed by atoms with E-state index in [1.165, 1.54) is 13.0 Å². The van der Waals surface area contributed by atoms with Gasteiger partial charge in [-0.15, -0.1) is 0 Å². The molecule has 1 atom stereocenters. The monoisotopic (exact) mass is 371 g/mol. The maximum Gasteiger partial charge on any atom is 0.340 e. The molecule has 0 unspecified atom stereocenters. The molecule has 0 radical (unpaired) electrons. The maximum absolute atomic E-state index is 13.1. The highest BCUT2D eigenvalue weighted by Gasteiger charge is 2.21. The molecule has 0 aliphatic heterocycles. The normalized spacial score (nSPS) is 11.8. The molecule has 0 saturated heterocycles. The lowest BCUT2D eigenvalue weighted by atomic mass is 10.1. The molecule has 0 aliphatic carbocycles. The highest BCUT2D eigenvalue weighted by Crippen LogP contribution is 2.20. The van der Waals surface area contributed by atoms with E-state index in [1.54, 1.807) is 6.07 Å². The fourth-order valence-corrected chi connectivity index (χ4v) is 2.69. The van der Waals surface area contributed by atoms with Crippen molar-refractivity contribution in [2.24, 2.45) is 0 Å². The van der Waals surface area contributed by atoms with Crippen LogP contribution in [-0.2, 0) is 9.53 Å². The number of hydrogen-bond acceptors (Lipinski definition) is 3. The average molecular weight is 372 g/mol. The van der Waals surface area contributed by atoms with Crippen LogP contribution in [0.4, 0.5) is 10.1 Å². The Bertz CT molecular complexity index is 990. The number of rotatable bonds is 4. The average Bonchev–Trinajstić information content (AvgIpc) is 2.61. The van der Waals surface area contributed by atoms with Gasteiger partial charge in [0.15, 0.2) is 6.10 Å². The van der Waals surface area contributed by atoms with Gasteiger partial charge in [0.2, 0.25) is 0 Å². The molecule has 0 spiro atoms. The van der Waals surface area contributed by atoms with Crippen molar-refractivity contribution in [2.75, 3.05) is 5.32 Å². The molecule has 132 valence electrons. The highest BCUT2D eigenvalue weighted by molar-refractivity contribution is 6.33. The summed E-state index contributed by atoms with van der Waals surface area (Å²) in [5.74, 6) is -1.84. The standard InChI is InChI=1S/C20H15ClFNO3/c1-12(26-20(25)17-9-7-15(22)11-18(17)21)19(24)23-16-8-6-13-4-2-3-5-14(13)10-16/h2-12H,1H3,(H,23,24)/t12-/m0/s1. The number of fused-ring (bicyclic) bond motifs is 1. The zero-order chi connectivity index (χ0) is 18.7. The van der Waals surface area contributed by atoms with Crippen molar-refractivity contribution >= 4 is 39.9 Å². The molecule has 26 heavy (non-hydrogen) atoms. The summed E-state index contributed by atoms with van der Waals surface area (Å²) in [5.41, 5.74) is 0.592. The lowest BCUT2D eigenvalue weighted by Crippen LogP contribution is -2.30. The SMILES string of the molecule is C[C@H](OC(=O)c1ccc(F)cc1Cl)C(=O)Nc1ccc2ccccc2c1. The molecular weight excluding hydrogens is 357 g/mol. The molecule has 0 bridgehead atoms. The number of esters is 1. The third-order valence-electron chi connectivity index (χ3n) is 3.82. The summed E-state index contributed by atoms with van der Waals surface area (Å²) < 4.78 is 18.2. The minimum Gasteiger partial charge on any atom is -0.449 e. The molecule has 3 rings (SSSR count). The van der Waals surface area contributed by atoms with E-state index in [9.17, 15) is 14.0 Å². The van der Waals surface area contributed by atoms with Crippen molar-refractivity contribution in [3.63, 3.8) is 0 Å². The van der Waals surface area contributed by atoms with Crippen LogP contribution in [0.3, 0.4) is 0 Å². The predicted octanol–water partition coefficient (Wildman–Crippen LogP) is 4.82. The van der Waals surface area contributed by atoms with Crippen LogP contribution >= 0.6 is 11.6 Å². The van der Waals surface area contributed by atoms with Crippen LogP contribution in [0, 0.1) is 5.82 Å². The number of ether oxygens (including phenoxy) is 1. The zero-order valence-electron chi connectivity index (χ0n) is 13.8. The van der Waals surface area contributed by atoms with E-state index in [4.69, 9.17) is 16.3 Å². The predicted molar refractivity (Wildman–Crippen MR) is 98.9 cm³/mol. The van der Waals surface area contributed by atoms with Gasteiger partial charge in [0.05, 0.1) is 10.6 Å². The smallest absolute Gasteiger partial charge is 0.340 e. The molecule has 0 aliphatic rings. The Labute approximate surface area is 154 Å². The first-order valence-corrected chi connectivity index (χ1v) is 8.27. The first-order valence-electron chi connectivity index (χ1n) is 7.90. The van der Waals surface area contributed by atoms with Gasteiger partial charge in [-0.25, -0.2) is 9.18 Å². The Balaban J connectivity index is 1.67. The van der Waals surface area contributed by atoms with Gasteiger partial charge in [-0.05, 0) is 48.0 Å². The Morgan fingerprint density at radius 3 is 2.50 bits per heavy atom. The maximum atomic E-state index is 13.1. The van der Waals surface area contributed by atoms with Crippen LogP contribution in [0.1, 0.15) is 17.3 Å². The molecule has 4 nitrogen and oxygen atoms in total. The molecular formula is C20H15ClFNO3. The number of hydrogen-bond donors (Lipinski definition) is 1. The Morgan fingerprint density at radius 1 is 1.04 bits per heavy atom. The lowest BCUT2D eigenvalue weighted by Gasteiger charge is -2.14. The Morgan fingerprint density at radius 2 is 1.77 bits per heavy atom. The van der Waals surface area contributed by atoms with Crippen molar-refractivity contribution in [3.05, 3.63) is 77.1 Å². The van der Waals surface area contributed by atoms with E-state index < -0.39 is 23.8 Å². The van der Waals surface area contributed by atoms with E-state index in [1.807, 2.05) is 36.4 Å². The number of carbonyl (C=O) groups excluding carboxylic acids is 2. The molecule has 0 fully saturated rings. The van der Waals surface area contributed by atoms with Gasteiger partial charge >= 0.3 is 5.97 Å². The van der Waals surface area contributed by atoms with E-state index in [0.29, 0.717) is 5.69 Å². The lowest BCUT2D eigenvalue weighted by molar-refractivity contribution is -0.123. The largest absolute Gasteiger partial charge is 0.449 e. The van der Waals surface area contributed by atoms with Crippen LogP contribution in [0.2, 0.25) is 5.02 Å². The topological polar surface area (TPSA) is 55.4 Å². The van der Waals surface area contributed by atoms with E-state index >= 15 is 0 Å². The molecule has 1 amide bonds. The molecule has 0 aromatic heterocycles. The quantitative estimate of drug-likeness (QED) is 0.669. The Hall–Kier alpha value is -2.92. The minimum absolute atomic E-state index is 0.00146. The molecule has 3 aromatic carbocycles. The third kappa shape index (κ3) is 4.00. The van der Waals surface area contributed by atoms with Gasteiger partial charge in [0.25, 0.3) is 5.91 Å². The van der Waals surface area contributed by atoms with Gasteiger partial charge in [0.1, 0.15) is 5.82 Å². The minimum atomic E-state index is -1.05. The second-order valence-corrected chi connectivity index (χ2v) is 6.13. The second-order valence-electron chi connectivity index (χ2n) is 5.72. The molecule has 0 saturated carbocycles. The van der Waals surface area contributed by atoms with E-state index in [0.717, 1.165) is 22.9 Å². The number of anilines is 1. The Kier molecular flexibility index (Phi) is 5.19. The number of nitrogens with one attached hydrogen (secondary N) is 1. The number of amides is 1. The molecule has 6 heteroatoms. The first kappa shape index (κ1) is 17.9. The molecule has 0 heterocycles. The number of carbonyl (C=O) groups is 2. The van der Waals surface area contributed by atoms with Crippen LogP contribution in [0.15, 0.2) is 60.7 Å². The fourth-order valence-electron chi connectivity index (χ4n) is 2.44. The van der Waals surface area contributed by atoms with E-state index in [2.05, 4.69) is 5.32 Å². The molecule has 1 N–H and O–H groups in total. The summed E-state index contributed by atoms with van der Waals surface area (Å²) in [6.45, 7) is 1.45. The number of halogens is 2. The van der Waals surface area contributed by atoms with Gasteiger partial charge in [-0.3, -0.25) is 4.79 Å². The molecule has 3 aromatic rings. The van der Waals surface area contributed by atoms with Crippen molar-refractivity contribution in [1.82, 2.24) is 0 Å². The summed E-state index contributed by atoms with van der Waals surface area (Å²) in [4.78, 5) is 24.4. The van der Waals surface area contributed by atoms with Gasteiger partial charge in [-0.2, -0.15) is 0 Å². The van der Waals surface area contributed by atoms with Gasteiger partial charge in [0, 0.05) is 5.69 Å². The van der Waals surface area contributed by atoms with Crippen LogP contribution in [0.5, 0.6) is 0 Å². The van der Waals surface area contributed by atoms with Crippen molar-refractivity contribution < 1.29 is 18.7 Å². The first-order chi connectivity index (χ1) is 12.4. The third-order valence-corrected chi connectivity index (χ3v) is 4.13. The number of benzene rings is 3. The fraction of sp³-hybridized carbons (Fsp3) is 0.100. The van der Waals surface area contributed by atoms with Crippen LogP contribution in [0.25, 0.3) is 10.8 Å². The summed E-state index contributed by atoms with van der Waals surface area (Å²) in [5, 5.41) is 4.66. The van der Waals surface area contributed by atoms with Crippen LogP contribution < -0.4 is 5.32 Å². The van der Waals surface area contributed by atoms with Gasteiger partial charge in [-0.1, -0.05) is 41.9 Å². The van der Waals surface area contributed by atoms with Crippen molar-refractivity contribution in [1.29, 1.82) is 0 Å². The van der Waals surface area contributed by atoms with Crippen molar-refractivity contribution in [3.8, 4) is 0 Å². The second kappa shape index (κ2) is 7.54. The summed E-state index contributed by atoms with van der Waals surface area (Å²) in [6, 6.07) is 16.6. The summed E-state index contributed by atoms with van der Waals surface area (Å²) >= 11 is 5.83. The highest BCUT2D eigenvalue weighted by atomic mass is 35.5.